The summed E-state index contributed by atoms with van der Waals surface area (Å²) in [5.74, 6) is -0.948. The molecule has 4 heterocycles. The van der Waals surface area contributed by atoms with Crippen LogP contribution < -0.4 is 10.6 Å². The number of nitrogens with zero attached hydrogens (tertiary/aromatic N) is 6. The van der Waals surface area contributed by atoms with Crippen molar-refractivity contribution in [3.63, 3.8) is 0 Å². The van der Waals surface area contributed by atoms with Crippen molar-refractivity contribution in [3.8, 4) is 21.7 Å². The summed E-state index contributed by atoms with van der Waals surface area (Å²) in [6.45, 7) is 8.10. The molecular weight excluding hydrogens is 550 g/mol. The Morgan fingerprint density at radius 3 is 2.73 bits per heavy atom. The number of carbonyl (C=O) groups is 1. The van der Waals surface area contributed by atoms with Gasteiger partial charge in [-0.2, -0.15) is 4.39 Å². The second kappa shape index (κ2) is 11.5. The van der Waals surface area contributed by atoms with Crippen molar-refractivity contribution < 1.29 is 18.3 Å². The van der Waals surface area contributed by atoms with E-state index in [1.165, 1.54) is 23.6 Å². The fourth-order valence-corrected chi connectivity index (χ4v) is 5.41. The zero-order valence-electron chi connectivity index (χ0n) is 22.9. The predicted molar refractivity (Wildman–Crippen MR) is 152 cm³/mol. The molecule has 0 saturated carbocycles. The van der Waals surface area contributed by atoms with Crippen LogP contribution in [0.15, 0.2) is 55.1 Å². The number of hydrogen-bond donors (Lipinski definition) is 2. The summed E-state index contributed by atoms with van der Waals surface area (Å²) in [5, 5.41) is 14.4. The highest BCUT2D eigenvalue weighted by Gasteiger charge is 2.22. The van der Waals surface area contributed by atoms with E-state index in [-0.39, 0.29) is 11.6 Å². The average Bonchev–Trinajstić information content (AvgIpc) is 3.58. The Bertz CT molecular complexity index is 1680. The fraction of sp³-hybridized carbons (Fsp3) is 0.286. The molecule has 5 aromatic rings. The summed E-state index contributed by atoms with van der Waals surface area (Å²) in [5.41, 5.74) is 1.35. The van der Waals surface area contributed by atoms with Crippen molar-refractivity contribution in [1.29, 1.82) is 0 Å². The Hall–Kier alpha value is -4.52. The Morgan fingerprint density at radius 2 is 1.98 bits per heavy atom. The molecule has 1 atom stereocenters. The zero-order valence-corrected chi connectivity index (χ0v) is 23.7. The van der Waals surface area contributed by atoms with Gasteiger partial charge in [0.25, 0.3) is 0 Å². The van der Waals surface area contributed by atoms with Gasteiger partial charge in [0.1, 0.15) is 11.3 Å². The van der Waals surface area contributed by atoms with Crippen LogP contribution in [0.3, 0.4) is 0 Å². The SMILES string of the molecule is CC(NC(=O)OC(C)(C)C)c1cnc(F)cc1-c1cccc2cc(-c3nc(NCCn4ccnn4)ncc3F)sc12. The van der Waals surface area contributed by atoms with Crippen LogP contribution in [-0.2, 0) is 11.3 Å². The number of aromatic nitrogens is 6. The third-order valence-electron chi connectivity index (χ3n) is 6.01. The normalized spacial score (nSPS) is 12.3. The van der Waals surface area contributed by atoms with E-state index in [0.29, 0.717) is 34.7 Å². The fourth-order valence-electron chi connectivity index (χ4n) is 4.23. The first-order valence-corrected chi connectivity index (χ1v) is 13.7. The molecule has 0 bridgehead atoms. The second-order valence-electron chi connectivity index (χ2n) is 10.3. The monoisotopic (exact) mass is 578 g/mol. The maximum absolute atomic E-state index is 14.9. The number of anilines is 1. The van der Waals surface area contributed by atoms with Crippen molar-refractivity contribution in [3.05, 3.63) is 72.4 Å². The number of alkyl carbamates (subject to hydrolysis) is 1. The minimum Gasteiger partial charge on any atom is -0.444 e. The Labute approximate surface area is 238 Å². The van der Waals surface area contributed by atoms with Crippen molar-refractivity contribution in [2.75, 3.05) is 11.9 Å². The Kier molecular flexibility index (Phi) is 7.88. The van der Waals surface area contributed by atoms with Crippen LogP contribution in [0, 0.1) is 11.8 Å². The lowest BCUT2D eigenvalue weighted by Crippen LogP contribution is -2.34. The van der Waals surface area contributed by atoms with Gasteiger partial charge in [-0.15, -0.1) is 16.4 Å². The number of rotatable bonds is 8. The van der Waals surface area contributed by atoms with E-state index < -0.39 is 29.5 Å². The molecule has 41 heavy (non-hydrogen) atoms. The van der Waals surface area contributed by atoms with Crippen molar-refractivity contribution in [2.24, 2.45) is 0 Å². The molecule has 1 unspecified atom stereocenters. The van der Waals surface area contributed by atoms with E-state index in [9.17, 15) is 13.6 Å². The first-order valence-electron chi connectivity index (χ1n) is 12.9. The molecule has 1 aromatic carbocycles. The van der Waals surface area contributed by atoms with Crippen LogP contribution in [0.25, 0.3) is 31.8 Å². The van der Waals surface area contributed by atoms with Crippen molar-refractivity contribution in [2.45, 2.75) is 45.9 Å². The van der Waals surface area contributed by atoms with E-state index >= 15 is 0 Å². The minimum absolute atomic E-state index is 0.150. The number of nitrogens with one attached hydrogen (secondary N) is 2. The molecule has 0 saturated heterocycles. The number of hydrogen-bond acceptors (Lipinski definition) is 9. The molecule has 212 valence electrons. The largest absolute Gasteiger partial charge is 0.444 e. The van der Waals surface area contributed by atoms with Gasteiger partial charge in [0.2, 0.25) is 11.9 Å². The molecule has 0 fully saturated rings. The molecule has 0 radical (unpaired) electrons. The third-order valence-corrected chi connectivity index (χ3v) is 7.20. The second-order valence-corrected chi connectivity index (χ2v) is 11.3. The first kappa shape index (κ1) is 28.0. The molecule has 0 aliphatic rings. The van der Waals surface area contributed by atoms with Gasteiger partial charge in [0.05, 0.1) is 29.9 Å². The number of amides is 1. The minimum atomic E-state index is -0.671. The summed E-state index contributed by atoms with van der Waals surface area (Å²) < 4.78 is 37.2. The highest BCUT2D eigenvalue weighted by molar-refractivity contribution is 7.22. The number of carbonyl (C=O) groups excluding carboxylic acids is 1. The molecule has 5 rings (SSSR count). The molecule has 4 aromatic heterocycles. The maximum atomic E-state index is 14.9. The zero-order chi connectivity index (χ0) is 29.1. The number of thiophene rings is 1. The van der Waals surface area contributed by atoms with E-state index in [2.05, 4.69) is 35.9 Å². The number of halogens is 2. The van der Waals surface area contributed by atoms with Crippen LogP contribution in [0.1, 0.15) is 39.3 Å². The van der Waals surface area contributed by atoms with Gasteiger partial charge in [-0.25, -0.2) is 24.1 Å². The van der Waals surface area contributed by atoms with Gasteiger partial charge in [-0.3, -0.25) is 4.68 Å². The summed E-state index contributed by atoms with van der Waals surface area (Å²) >= 11 is 1.33. The molecule has 2 N–H and O–H groups in total. The molecule has 0 aliphatic heterocycles. The van der Waals surface area contributed by atoms with E-state index in [0.717, 1.165) is 16.3 Å². The van der Waals surface area contributed by atoms with Crippen LogP contribution in [0.5, 0.6) is 0 Å². The Balaban J connectivity index is 1.46. The lowest BCUT2D eigenvalue weighted by molar-refractivity contribution is 0.0508. The van der Waals surface area contributed by atoms with E-state index in [1.54, 1.807) is 44.8 Å². The number of ether oxygens (including phenoxy) is 1. The Morgan fingerprint density at radius 1 is 1.15 bits per heavy atom. The molecule has 0 aliphatic carbocycles. The van der Waals surface area contributed by atoms with Gasteiger partial charge >= 0.3 is 6.09 Å². The molecular formula is C28H28F2N8O2S. The van der Waals surface area contributed by atoms with Gasteiger partial charge in [-0.05, 0) is 44.7 Å². The van der Waals surface area contributed by atoms with Crippen LogP contribution >= 0.6 is 11.3 Å². The third kappa shape index (κ3) is 6.62. The van der Waals surface area contributed by atoms with Crippen LogP contribution in [0.2, 0.25) is 0 Å². The molecule has 13 heteroatoms. The maximum Gasteiger partial charge on any atom is 0.408 e. The van der Waals surface area contributed by atoms with Crippen molar-refractivity contribution >= 4 is 33.5 Å². The lowest BCUT2D eigenvalue weighted by atomic mass is 9.96. The highest BCUT2D eigenvalue weighted by Crippen LogP contribution is 2.41. The molecule has 0 spiro atoms. The number of fused-ring (bicyclic) bond motifs is 1. The van der Waals surface area contributed by atoms with E-state index in [4.69, 9.17) is 4.74 Å². The predicted octanol–water partition coefficient (Wildman–Crippen LogP) is 5.99. The summed E-state index contributed by atoms with van der Waals surface area (Å²) in [4.78, 5) is 25.3. The quantitative estimate of drug-likeness (QED) is 0.216. The number of benzene rings is 1. The molecule has 10 nitrogen and oxygen atoms in total. The lowest BCUT2D eigenvalue weighted by Gasteiger charge is -2.23. The van der Waals surface area contributed by atoms with Gasteiger partial charge in [0.15, 0.2) is 5.82 Å². The van der Waals surface area contributed by atoms with E-state index in [1.807, 2.05) is 24.3 Å². The standard InChI is InChI=1S/C28H28F2N8O2S/c1-16(35-27(39)40-28(2,3)4)20-14-32-23(30)13-19(20)18-7-5-6-17-12-22(41-25(17)18)24-21(29)15-33-26(36-24)31-8-10-38-11-9-34-37-38/h5-7,9,11-16H,8,10H2,1-4H3,(H,35,39)(H,31,33,36). The summed E-state index contributed by atoms with van der Waals surface area (Å²) in [6.07, 6.45) is 5.26. The van der Waals surface area contributed by atoms with Gasteiger partial charge < -0.3 is 15.4 Å². The van der Waals surface area contributed by atoms with Crippen LogP contribution in [0.4, 0.5) is 19.5 Å². The summed E-state index contributed by atoms with van der Waals surface area (Å²) in [7, 11) is 0. The smallest absolute Gasteiger partial charge is 0.408 e. The number of pyridine rings is 1. The van der Waals surface area contributed by atoms with Crippen LogP contribution in [-0.4, -0.2) is 48.2 Å². The van der Waals surface area contributed by atoms with Gasteiger partial charge in [-0.1, -0.05) is 23.4 Å². The topological polar surface area (TPSA) is 120 Å². The molecule has 1 amide bonds. The average molecular weight is 579 g/mol. The van der Waals surface area contributed by atoms with Gasteiger partial charge in [0, 0.05) is 40.8 Å². The first-order chi connectivity index (χ1) is 19.6. The highest BCUT2D eigenvalue weighted by atomic mass is 32.1. The van der Waals surface area contributed by atoms with Crippen molar-refractivity contribution in [1.82, 2.24) is 35.3 Å². The summed E-state index contributed by atoms with van der Waals surface area (Å²) in [6, 6.07) is 8.24.